The molecule has 3 aromatic rings. The summed E-state index contributed by atoms with van der Waals surface area (Å²) in [6.45, 7) is 7.41. The van der Waals surface area contributed by atoms with Crippen LogP contribution in [0.5, 0.6) is 5.75 Å². The van der Waals surface area contributed by atoms with Gasteiger partial charge in [0.25, 0.3) is 0 Å². The number of nitrogens with zero attached hydrogens (tertiary/aromatic N) is 3. The molecule has 1 aliphatic heterocycles. The molecule has 1 fully saturated rings. The quantitative estimate of drug-likeness (QED) is 0.682. The van der Waals surface area contributed by atoms with Crippen molar-refractivity contribution in [3.05, 3.63) is 42.4 Å². The molecule has 0 bridgehead atoms. The van der Waals surface area contributed by atoms with Crippen molar-refractivity contribution >= 4 is 28.2 Å². The summed E-state index contributed by atoms with van der Waals surface area (Å²) in [4.78, 5) is 18.4. The van der Waals surface area contributed by atoms with Crippen LogP contribution in [-0.2, 0) is 4.79 Å². The lowest BCUT2D eigenvalue weighted by molar-refractivity contribution is -0.114. The Morgan fingerprint density at radius 1 is 1.34 bits per heavy atom. The Labute approximate surface area is 170 Å². The first-order valence-corrected chi connectivity index (χ1v) is 10.1. The van der Waals surface area contributed by atoms with Gasteiger partial charge < -0.3 is 15.0 Å². The van der Waals surface area contributed by atoms with E-state index in [2.05, 4.69) is 37.5 Å². The van der Waals surface area contributed by atoms with Gasteiger partial charge in [0.05, 0.1) is 29.2 Å². The van der Waals surface area contributed by atoms with E-state index in [1.54, 1.807) is 6.20 Å². The van der Waals surface area contributed by atoms with Gasteiger partial charge in [-0.2, -0.15) is 5.10 Å². The number of nitrogens with one attached hydrogen (secondary N) is 2. The van der Waals surface area contributed by atoms with Crippen LogP contribution in [-0.4, -0.2) is 40.3 Å². The molecule has 1 unspecified atom stereocenters. The summed E-state index contributed by atoms with van der Waals surface area (Å²) < 4.78 is 5.82. The van der Waals surface area contributed by atoms with Crippen molar-refractivity contribution in [2.24, 2.45) is 0 Å². The minimum Gasteiger partial charge on any atom is -0.491 e. The maximum atomic E-state index is 11.5. The average molecular weight is 393 g/mol. The first kappa shape index (κ1) is 19.2. The van der Waals surface area contributed by atoms with E-state index >= 15 is 0 Å². The number of aromatic amines is 1. The van der Waals surface area contributed by atoms with Crippen LogP contribution >= 0.6 is 0 Å². The molecule has 0 radical (unpaired) electrons. The van der Waals surface area contributed by atoms with Gasteiger partial charge in [-0.1, -0.05) is 0 Å². The van der Waals surface area contributed by atoms with Gasteiger partial charge in [0.15, 0.2) is 0 Å². The monoisotopic (exact) mass is 393 g/mol. The highest BCUT2D eigenvalue weighted by atomic mass is 16.5. The number of pyridine rings is 1. The molecule has 1 saturated heterocycles. The van der Waals surface area contributed by atoms with E-state index in [9.17, 15) is 4.79 Å². The van der Waals surface area contributed by atoms with Crippen molar-refractivity contribution in [1.82, 2.24) is 15.2 Å². The first-order valence-electron chi connectivity index (χ1n) is 10.1. The Kier molecular flexibility index (Phi) is 5.38. The number of aromatic nitrogens is 3. The van der Waals surface area contributed by atoms with Gasteiger partial charge in [-0.3, -0.25) is 14.9 Å². The molecule has 2 N–H and O–H groups in total. The second-order valence-electron chi connectivity index (χ2n) is 7.84. The van der Waals surface area contributed by atoms with Crippen LogP contribution in [0.2, 0.25) is 0 Å². The van der Waals surface area contributed by atoms with Crippen LogP contribution in [0.25, 0.3) is 10.9 Å². The molecule has 1 amide bonds. The molecule has 7 nitrogen and oxygen atoms in total. The second-order valence-corrected chi connectivity index (χ2v) is 7.84. The van der Waals surface area contributed by atoms with Crippen molar-refractivity contribution in [1.29, 1.82) is 0 Å². The van der Waals surface area contributed by atoms with Crippen LogP contribution < -0.4 is 15.0 Å². The zero-order chi connectivity index (χ0) is 20.4. The highest BCUT2D eigenvalue weighted by molar-refractivity contribution is 5.92. The Hall–Kier alpha value is -3.09. The molecule has 29 heavy (non-hydrogen) atoms. The van der Waals surface area contributed by atoms with Crippen molar-refractivity contribution in [3.63, 3.8) is 0 Å². The van der Waals surface area contributed by atoms with Gasteiger partial charge in [0, 0.05) is 49.3 Å². The molecular formula is C22H27N5O2. The van der Waals surface area contributed by atoms with E-state index in [0.29, 0.717) is 0 Å². The lowest BCUT2D eigenvalue weighted by atomic mass is 9.93. The Morgan fingerprint density at radius 2 is 2.21 bits per heavy atom. The molecule has 4 rings (SSSR count). The summed E-state index contributed by atoms with van der Waals surface area (Å²) in [6.07, 6.45) is 5.81. The number of piperidine rings is 1. The van der Waals surface area contributed by atoms with Gasteiger partial charge in [0.1, 0.15) is 5.75 Å². The molecule has 0 aliphatic carbocycles. The van der Waals surface area contributed by atoms with Gasteiger partial charge in [-0.15, -0.1) is 0 Å². The summed E-state index contributed by atoms with van der Waals surface area (Å²) in [5, 5.41) is 11.2. The summed E-state index contributed by atoms with van der Waals surface area (Å²) in [7, 11) is 0. The molecule has 7 heteroatoms. The number of amides is 1. The maximum Gasteiger partial charge on any atom is 0.221 e. The number of benzene rings is 1. The van der Waals surface area contributed by atoms with E-state index < -0.39 is 0 Å². The standard InChI is InChI=1S/C22H27N5O2/c1-14(2)29-17-6-7-18-19(11-17)23-9-8-21(18)27-10-4-5-16(13-27)22-20(12-24-26-22)25-15(3)28/h6-9,11-12,14,16H,4-5,10,13H2,1-3H3,(H,24,26)(H,25,28). The molecule has 0 spiro atoms. The van der Waals surface area contributed by atoms with Crippen LogP contribution in [0.15, 0.2) is 36.7 Å². The SMILES string of the molecule is CC(=O)Nc1cn[nH]c1C1CCCN(c2ccnc3cc(OC(C)C)ccc23)C1. The summed E-state index contributed by atoms with van der Waals surface area (Å²) in [5.74, 6) is 1.03. The number of fused-ring (bicyclic) bond motifs is 1. The first-order chi connectivity index (χ1) is 14.0. The summed E-state index contributed by atoms with van der Waals surface area (Å²) in [5.41, 5.74) is 3.88. The maximum absolute atomic E-state index is 11.5. The van der Waals surface area contributed by atoms with E-state index in [0.717, 1.165) is 54.0 Å². The van der Waals surface area contributed by atoms with E-state index in [-0.39, 0.29) is 17.9 Å². The summed E-state index contributed by atoms with van der Waals surface area (Å²) >= 11 is 0. The number of hydrogen-bond donors (Lipinski definition) is 2. The fourth-order valence-corrected chi connectivity index (χ4v) is 4.06. The number of rotatable bonds is 5. The Morgan fingerprint density at radius 3 is 3.00 bits per heavy atom. The minimum atomic E-state index is -0.0835. The van der Waals surface area contributed by atoms with Crippen LogP contribution in [0.4, 0.5) is 11.4 Å². The van der Waals surface area contributed by atoms with E-state index in [1.165, 1.54) is 12.6 Å². The normalized spacial score (nSPS) is 17.0. The van der Waals surface area contributed by atoms with Crippen LogP contribution in [0.3, 0.4) is 0 Å². The predicted octanol–water partition coefficient (Wildman–Crippen LogP) is 4.09. The highest BCUT2D eigenvalue weighted by Gasteiger charge is 2.26. The fraction of sp³-hybridized carbons (Fsp3) is 0.409. The van der Waals surface area contributed by atoms with Gasteiger partial charge >= 0.3 is 0 Å². The average Bonchev–Trinajstić information content (AvgIpc) is 3.14. The van der Waals surface area contributed by atoms with Gasteiger partial charge in [-0.05, 0) is 44.9 Å². The van der Waals surface area contributed by atoms with E-state index in [1.807, 2.05) is 32.2 Å². The van der Waals surface area contributed by atoms with Gasteiger partial charge in [0.2, 0.25) is 5.91 Å². The lowest BCUT2D eigenvalue weighted by Crippen LogP contribution is -2.35. The smallest absolute Gasteiger partial charge is 0.221 e. The topological polar surface area (TPSA) is 83.1 Å². The third kappa shape index (κ3) is 4.18. The van der Waals surface area contributed by atoms with Gasteiger partial charge in [-0.25, -0.2) is 0 Å². The number of anilines is 2. The third-order valence-corrected chi connectivity index (χ3v) is 5.21. The molecule has 3 heterocycles. The molecule has 2 aromatic heterocycles. The third-order valence-electron chi connectivity index (χ3n) is 5.21. The molecule has 0 saturated carbocycles. The van der Waals surface area contributed by atoms with Crippen LogP contribution in [0, 0.1) is 0 Å². The molecule has 1 atom stereocenters. The lowest BCUT2D eigenvalue weighted by Gasteiger charge is -2.35. The zero-order valence-corrected chi connectivity index (χ0v) is 17.1. The van der Waals surface area contributed by atoms with Crippen molar-refractivity contribution in [3.8, 4) is 5.75 Å². The Bertz CT molecular complexity index is 1010. The van der Waals surface area contributed by atoms with E-state index in [4.69, 9.17) is 4.74 Å². The number of hydrogen-bond acceptors (Lipinski definition) is 5. The largest absolute Gasteiger partial charge is 0.491 e. The molecule has 152 valence electrons. The predicted molar refractivity (Wildman–Crippen MR) is 115 cm³/mol. The highest BCUT2D eigenvalue weighted by Crippen LogP contribution is 2.35. The number of H-pyrrole nitrogens is 1. The number of carbonyl (C=O) groups excluding carboxylic acids is 1. The van der Waals surface area contributed by atoms with Crippen molar-refractivity contribution in [2.45, 2.75) is 45.6 Å². The summed E-state index contributed by atoms with van der Waals surface area (Å²) in [6, 6.07) is 8.19. The molecule has 1 aliphatic rings. The number of ether oxygens (including phenoxy) is 1. The molecular weight excluding hydrogens is 366 g/mol. The Balaban J connectivity index is 1.61. The van der Waals surface area contributed by atoms with Crippen molar-refractivity contribution in [2.75, 3.05) is 23.3 Å². The number of carbonyl (C=O) groups is 1. The fourth-order valence-electron chi connectivity index (χ4n) is 4.06. The second kappa shape index (κ2) is 8.11. The van der Waals surface area contributed by atoms with Crippen molar-refractivity contribution < 1.29 is 9.53 Å². The minimum absolute atomic E-state index is 0.0835. The zero-order valence-electron chi connectivity index (χ0n) is 17.1. The van der Waals surface area contributed by atoms with Crippen LogP contribution in [0.1, 0.15) is 45.2 Å². The molecule has 1 aromatic carbocycles.